The minimum absolute atomic E-state index is 0. The van der Waals surface area contributed by atoms with E-state index in [9.17, 15) is 9.00 Å². The molecule has 1 amide bonds. The van der Waals surface area contributed by atoms with Crippen LogP contribution in [-0.2, 0) is 28.6 Å². The number of fused-ring (bicyclic) bond motifs is 1. The predicted molar refractivity (Wildman–Crippen MR) is 73.5 cm³/mol. The van der Waals surface area contributed by atoms with Gasteiger partial charge in [-0.1, -0.05) is 0 Å². The molecule has 0 saturated heterocycles. The van der Waals surface area contributed by atoms with Gasteiger partial charge in [-0.25, -0.2) is 14.8 Å². The summed E-state index contributed by atoms with van der Waals surface area (Å²) in [4.78, 5) is 21.8. The molecule has 0 bridgehead atoms. The largest absolute Gasteiger partial charge is 0.444 e. The molecule has 2 rings (SSSR count). The molecule has 0 spiro atoms. The topological polar surface area (TPSA) is 104 Å². The summed E-state index contributed by atoms with van der Waals surface area (Å²) in [5, 5.41) is 0.296. The third-order valence-corrected chi connectivity index (χ3v) is 3.25. The molecule has 1 atom stereocenters. The van der Waals surface area contributed by atoms with Crippen molar-refractivity contribution in [2.45, 2.75) is 44.6 Å². The highest BCUT2D eigenvalue weighted by atomic mass is 32.2. The summed E-state index contributed by atoms with van der Waals surface area (Å²) in [5.74, 6) is 0. The van der Waals surface area contributed by atoms with Gasteiger partial charge in [0.05, 0.1) is 29.6 Å². The molecular formula is C12H19N3O4S. The van der Waals surface area contributed by atoms with E-state index in [-0.39, 0.29) is 11.6 Å². The number of hydrogen-bond acceptors (Lipinski definition) is 5. The normalized spacial score (nSPS) is 15.3. The summed E-state index contributed by atoms with van der Waals surface area (Å²) in [6.07, 6.45) is 2.79. The van der Waals surface area contributed by atoms with E-state index in [1.54, 1.807) is 11.1 Å². The van der Waals surface area contributed by atoms with Gasteiger partial charge in [-0.15, -0.1) is 0 Å². The van der Waals surface area contributed by atoms with Crippen LogP contribution in [0.15, 0.2) is 11.4 Å². The molecule has 0 fully saturated rings. The zero-order valence-corrected chi connectivity index (χ0v) is 12.8. The van der Waals surface area contributed by atoms with Gasteiger partial charge in [-0.3, -0.25) is 9.11 Å². The average molecular weight is 301 g/mol. The molecule has 0 aromatic carbocycles. The highest BCUT2D eigenvalue weighted by Crippen LogP contribution is 2.23. The van der Waals surface area contributed by atoms with Crippen molar-refractivity contribution in [2.75, 3.05) is 6.26 Å². The van der Waals surface area contributed by atoms with E-state index >= 15 is 0 Å². The molecule has 0 aliphatic carbocycles. The van der Waals surface area contributed by atoms with Crippen molar-refractivity contribution in [3.05, 3.63) is 17.5 Å². The second-order valence-electron chi connectivity index (χ2n) is 5.42. The minimum Gasteiger partial charge on any atom is -0.444 e. The predicted octanol–water partition coefficient (Wildman–Crippen LogP) is 0.640. The van der Waals surface area contributed by atoms with Crippen LogP contribution in [0.1, 0.15) is 32.0 Å². The fraction of sp³-hybridized carbons (Fsp3) is 0.583. The van der Waals surface area contributed by atoms with Gasteiger partial charge in [0.1, 0.15) is 5.60 Å². The lowest BCUT2D eigenvalue weighted by Crippen LogP contribution is -2.33. The molecule has 112 valence electrons. The maximum absolute atomic E-state index is 11.9. The number of carbonyl (C=O) groups is 1. The van der Waals surface area contributed by atoms with Gasteiger partial charge < -0.3 is 10.2 Å². The highest BCUT2D eigenvalue weighted by molar-refractivity contribution is 7.84. The number of aromatic nitrogens is 2. The monoisotopic (exact) mass is 301 g/mol. The Balaban J connectivity index is 0.00000200. The van der Waals surface area contributed by atoms with Crippen LogP contribution in [0.2, 0.25) is 0 Å². The number of amides is 1. The van der Waals surface area contributed by atoms with Crippen LogP contribution in [0.3, 0.4) is 0 Å². The van der Waals surface area contributed by atoms with Gasteiger partial charge >= 0.3 is 6.09 Å². The van der Waals surface area contributed by atoms with Crippen LogP contribution < -0.4 is 0 Å². The van der Waals surface area contributed by atoms with E-state index in [1.165, 1.54) is 6.26 Å². The van der Waals surface area contributed by atoms with Gasteiger partial charge in [0.2, 0.25) is 5.16 Å². The molecule has 7 nitrogen and oxygen atoms in total. The Morgan fingerprint density at radius 3 is 2.60 bits per heavy atom. The summed E-state index contributed by atoms with van der Waals surface area (Å²) >= 11 is 0. The van der Waals surface area contributed by atoms with Crippen LogP contribution in [0.4, 0.5) is 4.79 Å². The van der Waals surface area contributed by atoms with Crippen molar-refractivity contribution in [1.29, 1.82) is 0 Å². The third-order valence-electron chi connectivity index (χ3n) is 2.54. The number of rotatable bonds is 1. The molecule has 1 aromatic rings. The van der Waals surface area contributed by atoms with Crippen LogP contribution in [0.25, 0.3) is 0 Å². The fourth-order valence-corrected chi connectivity index (χ4v) is 2.17. The molecule has 2 N–H and O–H groups in total. The Labute approximate surface area is 120 Å². The second-order valence-corrected chi connectivity index (χ2v) is 6.69. The molecule has 1 aliphatic heterocycles. The number of hydrogen-bond donors (Lipinski definition) is 0. The van der Waals surface area contributed by atoms with E-state index in [1.807, 2.05) is 20.8 Å². The summed E-state index contributed by atoms with van der Waals surface area (Å²) in [7, 11) is -1.22. The first-order valence-electron chi connectivity index (χ1n) is 5.92. The van der Waals surface area contributed by atoms with Crippen LogP contribution in [0.5, 0.6) is 0 Å². The highest BCUT2D eigenvalue weighted by Gasteiger charge is 2.29. The van der Waals surface area contributed by atoms with Crippen LogP contribution >= 0.6 is 0 Å². The maximum atomic E-state index is 11.9. The lowest BCUT2D eigenvalue weighted by Gasteiger charge is -2.23. The van der Waals surface area contributed by atoms with Crippen molar-refractivity contribution < 1.29 is 19.2 Å². The zero-order chi connectivity index (χ0) is 14.2. The van der Waals surface area contributed by atoms with Gasteiger partial charge in [-0.05, 0) is 20.8 Å². The zero-order valence-electron chi connectivity index (χ0n) is 12.0. The molecule has 0 radical (unpaired) electrons. The number of nitrogens with zero attached hydrogens (tertiary/aromatic N) is 3. The summed E-state index contributed by atoms with van der Waals surface area (Å²) in [5.41, 5.74) is 1.10. The van der Waals surface area contributed by atoms with Crippen molar-refractivity contribution in [1.82, 2.24) is 14.9 Å². The van der Waals surface area contributed by atoms with Crippen molar-refractivity contribution in [3.63, 3.8) is 0 Å². The average Bonchev–Trinajstić information content (AvgIpc) is 2.68. The fourth-order valence-electron chi connectivity index (χ4n) is 1.73. The number of carbonyl (C=O) groups excluding carboxylic acids is 1. The molecule has 2 heterocycles. The first-order valence-corrected chi connectivity index (χ1v) is 7.48. The Kier molecular flexibility index (Phi) is 4.82. The summed E-state index contributed by atoms with van der Waals surface area (Å²) < 4.78 is 16.6. The SMILES string of the molecule is CS(=O)c1ncc2c(n1)CN(C(=O)OC(C)(C)C)C2.O. The van der Waals surface area contributed by atoms with E-state index in [2.05, 4.69) is 9.97 Å². The quantitative estimate of drug-likeness (QED) is 0.708. The summed E-state index contributed by atoms with van der Waals surface area (Å²) in [6.45, 7) is 6.28. The Hall–Kier alpha value is -1.54. The maximum Gasteiger partial charge on any atom is 0.410 e. The molecule has 20 heavy (non-hydrogen) atoms. The molecular weight excluding hydrogens is 282 g/mol. The third kappa shape index (κ3) is 3.73. The van der Waals surface area contributed by atoms with Gasteiger partial charge in [-0.2, -0.15) is 0 Å². The first-order chi connectivity index (χ1) is 8.76. The molecule has 0 saturated carbocycles. The van der Waals surface area contributed by atoms with E-state index in [0.717, 1.165) is 11.3 Å². The Bertz CT molecular complexity index is 542. The molecule has 8 heteroatoms. The standard InChI is InChI=1S/C12H17N3O3S.H2O/c1-12(2,3)18-11(16)15-6-8-5-13-10(19(4)17)14-9(8)7-15;/h5H,6-7H2,1-4H3;1H2. The van der Waals surface area contributed by atoms with Crippen molar-refractivity contribution >= 4 is 16.9 Å². The summed E-state index contributed by atoms with van der Waals surface area (Å²) in [6, 6.07) is 0. The molecule has 1 aliphatic rings. The van der Waals surface area contributed by atoms with Gasteiger partial charge in [0.15, 0.2) is 0 Å². The van der Waals surface area contributed by atoms with Crippen LogP contribution in [0, 0.1) is 0 Å². The number of ether oxygens (including phenoxy) is 1. The van der Waals surface area contributed by atoms with Gasteiger partial charge in [0.25, 0.3) is 0 Å². The first kappa shape index (κ1) is 16.5. The van der Waals surface area contributed by atoms with Gasteiger partial charge in [0, 0.05) is 18.0 Å². The van der Waals surface area contributed by atoms with E-state index in [0.29, 0.717) is 18.2 Å². The minimum atomic E-state index is -1.22. The second kappa shape index (κ2) is 5.84. The van der Waals surface area contributed by atoms with Crippen molar-refractivity contribution in [2.24, 2.45) is 0 Å². The molecule has 1 unspecified atom stereocenters. The van der Waals surface area contributed by atoms with E-state index in [4.69, 9.17) is 4.74 Å². The van der Waals surface area contributed by atoms with E-state index < -0.39 is 16.4 Å². The lowest BCUT2D eigenvalue weighted by atomic mass is 10.2. The Morgan fingerprint density at radius 1 is 1.40 bits per heavy atom. The Morgan fingerprint density at radius 2 is 2.05 bits per heavy atom. The van der Waals surface area contributed by atoms with Crippen LogP contribution in [-0.4, -0.2) is 42.5 Å². The lowest BCUT2D eigenvalue weighted by molar-refractivity contribution is 0.0240. The molecule has 1 aromatic heterocycles. The van der Waals surface area contributed by atoms with Crippen molar-refractivity contribution in [3.8, 4) is 0 Å². The smallest absolute Gasteiger partial charge is 0.410 e.